The van der Waals surface area contributed by atoms with Crippen molar-refractivity contribution in [2.24, 2.45) is 5.73 Å². The molecule has 0 spiro atoms. The van der Waals surface area contributed by atoms with Crippen LogP contribution in [0.3, 0.4) is 0 Å². The fourth-order valence-corrected chi connectivity index (χ4v) is 3.11. The van der Waals surface area contributed by atoms with E-state index in [1.54, 1.807) is 11.8 Å². The van der Waals surface area contributed by atoms with Gasteiger partial charge in [0.1, 0.15) is 5.01 Å². The van der Waals surface area contributed by atoms with Crippen LogP contribution in [-0.4, -0.2) is 28.4 Å². The summed E-state index contributed by atoms with van der Waals surface area (Å²) in [5.41, 5.74) is 5.21. The second-order valence-electron chi connectivity index (χ2n) is 3.66. The van der Waals surface area contributed by atoms with Gasteiger partial charge in [-0.3, -0.25) is 10.1 Å². The molecule has 0 bridgehead atoms. The van der Waals surface area contributed by atoms with Gasteiger partial charge in [0.25, 0.3) is 0 Å². The van der Waals surface area contributed by atoms with Crippen LogP contribution in [0.2, 0.25) is 0 Å². The van der Waals surface area contributed by atoms with E-state index in [0.29, 0.717) is 5.13 Å². The number of rotatable bonds is 6. The summed E-state index contributed by atoms with van der Waals surface area (Å²) in [5, 5.41) is 12.0. The molecule has 0 aliphatic carbocycles. The van der Waals surface area contributed by atoms with Crippen LogP contribution in [0, 0.1) is 0 Å². The van der Waals surface area contributed by atoms with Gasteiger partial charge in [-0.1, -0.05) is 29.5 Å². The van der Waals surface area contributed by atoms with Crippen molar-refractivity contribution in [2.45, 2.75) is 11.3 Å². The molecule has 1 heterocycles. The lowest BCUT2D eigenvalue weighted by molar-refractivity contribution is -0.114. The van der Waals surface area contributed by atoms with Gasteiger partial charge in [0.15, 0.2) is 0 Å². The van der Waals surface area contributed by atoms with Crippen LogP contribution in [0.25, 0.3) is 0 Å². The molecular formula is C12H14N4OS2. The SMILES string of the molecule is NCC(=O)Nc1nnc(CCSc2ccccc2)s1. The van der Waals surface area contributed by atoms with Crippen molar-refractivity contribution in [1.29, 1.82) is 0 Å². The molecule has 1 aromatic heterocycles. The molecule has 0 aliphatic heterocycles. The summed E-state index contributed by atoms with van der Waals surface area (Å²) >= 11 is 3.16. The van der Waals surface area contributed by atoms with E-state index >= 15 is 0 Å². The molecule has 0 atom stereocenters. The van der Waals surface area contributed by atoms with Gasteiger partial charge in [-0.2, -0.15) is 0 Å². The molecule has 100 valence electrons. The second-order valence-corrected chi connectivity index (χ2v) is 5.90. The Morgan fingerprint density at radius 3 is 2.84 bits per heavy atom. The quantitative estimate of drug-likeness (QED) is 0.794. The summed E-state index contributed by atoms with van der Waals surface area (Å²) in [6.07, 6.45) is 0.829. The number of amides is 1. The van der Waals surface area contributed by atoms with Gasteiger partial charge >= 0.3 is 0 Å². The third-order valence-electron chi connectivity index (χ3n) is 2.23. The van der Waals surface area contributed by atoms with Crippen LogP contribution >= 0.6 is 23.1 Å². The van der Waals surface area contributed by atoms with Crippen LogP contribution in [0.4, 0.5) is 5.13 Å². The van der Waals surface area contributed by atoms with Crippen molar-refractivity contribution in [2.75, 3.05) is 17.6 Å². The molecule has 0 aliphatic rings. The van der Waals surface area contributed by atoms with Crippen molar-refractivity contribution in [1.82, 2.24) is 10.2 Å². The molecule has 1 aromatic carbocycles. The summed E-state index contributed by atoms with van der Waals surface area (Å²) in [4.78, 5) is 12.3. The topological polar surface area (TPSA) is 80.9 Å². The monoisotopic (exact) mass is 294 g/mol. The normalized spacial score (nSPS) is 10.4. The van der Waals surface area contributed by atoms with Crippen LogP contribution in [-0.2, 0) is 11.2 Å². The summed E-state index contributed by atoms with van der Waals surface area (Å²) in [5.74, 6) is 0.685. The van der Waals surface area contributed by atoms with Gasteiger partial charge in [-0.25, -0.2) is 0 Å². The highest BCUT2D eigenvalue weighted by Crippen LogP contribution is 2.21. The van der Waals surface area contributed by atoms with Crippen LogP contribution < -0.4 is 11.1 Å². The maximum absolute atomic E-state index is 11.1. The Bertz CT molecular complexity index is 530. The molecule has 19 heavy (non-hydrogen) atoms. The van der Waals surface area contributed by atoms with E-state index in [2.05, 4.69) is 27.6 Å². The molecule has 7 heteroatoms. The first-order chi connectivity index (χ1) is 9.28. The standard InChI is InChI=1S/C12H14N4OS2/c13-8-10(17)14-12-16-15-11(19-12)6-7-18-9-4-2-1-3-5-9/h1-5H,6-8,13H2,(H,14,16,17). The highest BCUT2D eigenvalue weighted by molar-refractivity contribution is 7.99. The molecule has 0 radical (unpaired) electrons. The number of anilines is 1. The Kier molecular flexibility index (Phi) is 5.31. The summed E-state index contributed by atoms with van der Waals surface area (Å²) in [6, 6.07) is 10.2. The van der Waals surface area contributed by atoms with Gasteiger partial charge in [0.2, 0.25) is 11.0 Å². The number of thioether (sulfide) groups is 1. The number of carbonyl (C=O) groups excluding carboxylic acids is 1. The number of nitrogens with one attached hydrogen (secondary N) is 1. The zero-order valence-corrected chi connectivity index (χ0v) is 11.8. The zero-order valence-electron chi connectivity index (χ0n) is 10.2. The molecule has 1 amide bonds. The number of aromatic nitrogens is 2. The second kappa shape index (κ2) is 7.22. The molecule has 0 saturated heterocycles. The van der Waals surface area contributed by atoms with Crippen LogP contribution in [0.1, 0.15) is 5.01 Å². The van der Waals surface area contributed by atoms with Crippen molar-refractivity contribution in [3.63, 3.8) is 0 Å². The third-order valence-corrected chi connectivity index (χ3v) is 4.14. The van der Waals surface area contributed by atoms with Gasteiger partial charge in [-0.15, -0.1) is 22.0 Å². The molecule has 2 rings (SSSR count). The van der Waals surface area contributed by atoms with E-state index in [4.69, 9.17) is 5.73 Å². The predicted molar refractivity (Wildman–Crippen MR) is 78.5 cm³/mol. The highest BCUT2D eigenvalue weighted by Gasteiger charge is 2.06. The number of benzene rings is 1. The smallest absolute Gasteiger partial charge is 0.239 e. The fraction of sp³-hybridized carbons (Fsp3) is 0.250. The van der Waals surface area contributed by atoms with E-state index in [1.165, 1.54) is 16.2 Å². The molecule has 5 nitrogen and oxygen atoms in total. The van der Waals surface area contributed by atoms with E-state index in [9.17, 15) is 4.79 Å². The number of carbonyl (C=O) groups is 1. The Labute approximate surface area is 119 Å². The molecule has 0 fully saturated rings. The van der Waals surface area contributed by atoms with E-state index in [0.717, 1.165) is 17.2 Å². The number of nitrogens with two attached hydrogens (primary N) is 1. The van der Waals surface area contributed by atoms with Crippen molar-refractivity contribution in [3.05, 3.63) is 35.3 Å². The average Bonchev–Trinajstić information content (AvgIpc) is 2.87. The molecule has 2 aromatic rings. The van der Waals surface area contributed by atoms with E-state index in [1.807, 2.05) is 18.2 Å². The lowest BCUT2D eigenvalue weighted by Gasteiger charge is -1.98. The first-order valence-electron chi connectivity index (χ1n) is 5.78. The first kappa shape index (κ1) is 14.0. The first-order valence-corrected chi connectivity index (χ1v) is 7.58. The van der Waals surface area contributed by atoms with Gasteiger partial charge in [-0.05, 0) is 12.1 Å². The zero-order chi connectivity index (χ0) is 13.5. The minimum atomic E-state index is -0.249. The van der Waals surface area contributed by atoms with Gasteiger partial charge in [0, 0.05) is 17.1 Å². The van der Waals surface area contributed by atoms with Crippen LogP contribution in [0.15, 0.2) is 35.2 Å². The van der Waals surface area contributed by atoms with Crippen molar-refractivity contribution < 1.29 is 4.79 Å². The van der Waals surface area contributed by atoms with Crippen molar-refractivity contribution in [3.8, 4) is 0 Å². The van der Waals surface area contributed by atoms with Crippen LogP contribution in [0.5, 0.6) is 0 Å². The molecule has 0 unspecified atom stereocenters. The number of hydrogen-bond donors (Lipinski definition) is 2. The number of aryl methyl sites for hydroxylation is 1. The predicted octanol–water partition coefficient (Wildman–Crippen LogP) is 1.77. The number of nitrogens with zero attached hydrogens (tertiary/aromatic N) is 2. The van der Waals surface area contributed by atoms with Gasteiger partial charge in [0.05, 0.1) is 6.54 Å². The average molecular weight is 294 g/mol. The van der Waals surface area contributed by atoms with E-state index in [-0.39, 0.29) is 12.5 Å². The maximum Gasteiger partial charge on any atom is 0.239 e. The molecule has 3 N–H and O–H groups in total. The minimum Gasteiger partial charge on any atom is -0.322 e. The van der Waals surface area contributed by atoms with Gasteiger partial charge < -0.3 is 5.73 Å². The Hall–Kier alpha value is -1.44. The minimum absolute atomic E-state index is 0.0429. The highest BCUT2D eigenvalue weighted by atomic mass is 32.2. The summed E-state index contributed by atoms with van der Waals surface area (Å²) in [6.45, 7) is -0.0429. The maximum atomic E-state index is 11.1. The lowest BCUT2D eigenvalue weighted by Crippen LogP contribution is -2.21. The van der Waals surface area contributed by atoms with E-state index < -0.39 is 0 Å². The molecular weight excluding hydrogens is 280 g/mol. The van der Waals surface area contributed by atoms with Crippen molar-refractivity contribution >= 4 is 34.1 Å². The fourth-order valence-electron chi connectivity index (χ4n) is 1.35. The largest absolute Gasteiger partial charge is 0.322 e. The Morgan fingerprint density at radius 1 is 1.32 bits per heavy atom. The summed E-state index contributed by atoms with van der Waals surface area (Å²) < 4.78 is 0. The molecule has 0 saturated carbocycles. The summed E-state index contributed by atoms with van der Waals surface area (Å²) in [7, 11) is 0. The number of hydrogen-bond acceptors (Lipinski definition) is 6. The Morgan fingerprint density at radius 2 is 2.11 bits per heavy atom. The lowest BCUT2D eigenvalue weighted by atomic mass is 10.4. The Balaban J connectivity index is 1.79. The third kappa shape index (κ3) is 4.62.